The highest BCUT2D eigenvalue weighted by molar-refractivity contribution is 5.90. The number of hydrogen-bond acceptors (Lipinski definition) is 3. The third kappa shape index (κ3) is 1.87. The molecule has 5 heteroatoms. The second-order valence-electron chi connectivity index (χ2n) is 4.58. The second-order valence-corrected chi connectivity index (χ2v) is 4.58. The van der Waals surface area contributed by atoms with Crippen molar-refractivity contribution in [2.24, 2.45) is 5.41 Å². The number of aliphatic carboxylic acids is 1. The fourth-order valence-electron chi connectivity index (χ4n) is 0.960. The van der Waals surface area contributed by atoms with Crippen molar-refractivity contribution in [1.29, 1.82) is 0 Å². The van der Waals surface area contributed by atoms with E-state index >= 15 is 0 Å². The molecule has 80 valence electrons. The van der Waals surface area contributed by atoms with Gasteiger partial charge in [0.2, 0.25) is 5.91 Å². The largest absolute Gasteiger partial charge is 0.479 e. The molecule has 0 atom stereocenters. The van der Waals surface area contributed by atoms with E-state index in [1.807, 2.05) is 0 Å². The van der Waals surface area contributed by atoms with E-state index < -0.39 is 16.9 Å². The average molecular weight is 201 g/mol. The van der Waals surface area contributed by atoms with Crippen molar-refractivity contribution in [2.75, 3.05) is 13.2 Å². The highest BCUT2D eigenvalue weighted by Crippen LogP contribution is 2.21. The summed E-state index contributed by atoms with van der Waals surface area (Å²) >= 11 is 0. The fraction of sp³-hybridized carbons (Fsp3) is 0.778. The summed E-state index contributed by atoms with van der Waals surface area (Å²) in [6.45, 7) is 5.29. The zero-order chi connectivity index (χ0) is 11.0. The predicted octanol–water partition coefficient (Wildman–Crippen LogP) is 0.00230. The predicted molar refractivity (Wildman–Crippen MR) is 48.8 cm³/mol. The van der Waals surface area contributed by atoms with Crippen LogP contribution in [0.15, 0.2) is 0 Å². The summed E-state index contributed by atoms with van der Waals surface area (Å²) in [4.78, 5) is 22.4. The number of rotatable bonds is 2. The molecule has 1 heterocycles. The van der Waals surface area contributed by atoms with Crippen LogP contribution in [0.4, 0.5) is 0 Å². The lowest BCUT2D eigenvalue weighted by atomic mass is 9.91. The summed E-state index contributed by atoms with van der Waals surface area (Å²) in [5.41, 5.74) is -1.79. The number of carbonyl (C=O) groups is 2. The Bertz CT molecular complexity index is 262. The Morgan fingerprint density at radius 1 is 1.36 bits per heavy atom. The molecule has 0 spiro atoms. The Morgan fingerprint density at radius 2 is 1.86 bits per heavy atom. The summed E-state index contributed by atoms with van der Waals surface area (Å²) in [7, 11) is 0. The van der Waals surface area contributed by atoms with E-state index in [0.717, 1.165) is 0 Å². The first kappa shape index (κ1) is 11.0. The monoisotopic (exact) mass is 201 g/mol. The van der Waals surface area contributed by atoms with Crippen LogP contribution in [0.1, 0.15) is 20.8 Å². The number of nitrogens with one attached hydrogen (secondary N) is 1. The van der Waals surface area contributed by atoms with Gasteiger partial charge in [-0.05, 0) is 0 Å². The van der Waals surface area contributed by atoms with Crippen LogP contribution in [0.2, 0.25) is 0 Å². The Hall–Kier alpha value is -1.10. The van der Waals surface area contributed by atoms with Crippen molar-refractivity contribution in [2.45, 2.75) is 26.3 Å². The average Bonchev–Trinajstić information content (AvgIpc) is 1.93. The van der Waals surface area contributed by atoms with Gasteiger partial charge in [0.05, 0.1) is 13.2 Å². The molecular weight excluding hydrogens is 186 g/mol. The normalized spacial score (nSPS) is 19.6. The molecular formula is C9H15NO4. The lowest BCUT2D eigenvalue weighted by molar-refractivity contribution is -0.170. The zero-order valence-corrected chi connectivity index (χ0v) is 8.59. The quantitative estimate of drug-likeness (QED) is 0.659. The molecule has 0 bridgehead atoms. The fourth-order valence-corrected chi connectivity index (χ4v) is 0.960. The minimum Gasteiger partial charge on any atom is -0.479 e. The van der Waals surface area contributed by atoms with Gasteiger partial charge >= 0.3 is 5.97 Å². The van der Waals surface area contributed by atoms with Crippen LogP contribution >= 0.6 is 0 Å². The molecule has 14 heavy (non-hydrogen) atoms. The SMILES string of the molecule is CC(C)(C)C(=O)NC1(C(=O)O)COC1. The summed E-state index contributed by atoms with van der Waals surface area (Å²) in [6.07, 6.45) is 0. The van der Waals surface area contributed by atoms with Crippen LogP contribution in [-0.4, -0.2) is 35.7 Å². The lowest BCUT2D eigenvalue weighted by Crippen LogP contribution is -2.68. The first-order chi connectivity index (χ1) is 6.28. The van der Waals surface area contributed by atoms with Gasteiger partial charge in [-0.25, -0.2) is 4.79 Å². The standard InChI is InChI=1S/C9H15NO4/c1-8(2,3)6(11)10-9(7(12)13)4-14-5-9/h4-5H2,1-3H3,(H,10,11)(H,12,13). The summed E-state index contributed by atoms with van der Waals surface area (Å²) < 4.78 is 4.82. The van der Waals surface area contributed by atoms with Gasteiger partial charge in [-0.1, -0.05) is 20.8 Å². The van der Waals surface area contributed by atoms with Crippen molar-refractivity contribution in [3.05, 3.63) is 0 Å². The summed E-state index contributed by atoms with van der Waals surface area (Å²) in [5, 5.41) is 11.4. The van der Waals surface area contributed by atoms with Crippen LogP contribution in [0, 0.1) is 5.41 Å². The van der Waals surface area contributed by atoms with Gasteiger partial charge in [-0.2, -0.15) is 0 Å². The van der Waals surface area contributed by atoms with Gasteiger partial charge in [-0.3, -0.25) is 4.79 Å². The molecule has 1 fully saturated rings. The highest BCUT2D eigenvalue weighted by atomic mass is 16.5. The molecule has 0 aromatic rings. The number of carbonyl (C=O) groups excluding carboxylic acids is 1. The minimum absolute atomic E-state index is 0.0458. The molecule has 1 amide bonds. The van der Waals surface area contributed by atoms with Crippen molar-refractivity contribution < 1.29 is 19.4 Å². The molecule has 1 aliphatic rings. The van der Waals surface area contributed by atoms with Crippen molar-refractivity contribution in [3.63, 3.8) is 0 Å². The number of carboxylic acid groups (broad SMARTS) is 1. The molecule has 5 nitrogen and oxygen atoms in total. The number of hydrogen-bond donors (Lipinski definition) is 2. The summed E-state index contributed by atoms with van der Waals surface area (Å²) in [6, 6.07) is 0. The molecule has 0 aromatic carbocycles. The lowest BCUT2D eigenvalue weighted by Gasteiger charge is -2.39. The van der Waals surface area contributed by atoms with E-state index in [9.17, 15) is 9.59 Å². The van der Waals surface area contributed by atoms with Crippen LogP contribution in [0.3, 0.4) is 0 Å². The maximum absolute atomic E-state index is 11.5. The molecule has 1 saturated heterocycles. The molecule has 2 N–H and O–H groups in total. The number of amides is 1. The van der Waals surface area contributed by atoms with Gasteiger partial charge in [-0.15, -0.1) is 0 Å². The zero-order valence-electron chi connectivity index (χ0n) is 8.59. The van der Waals surface area contributed by atoms with Gasteiger partial charge in [0, 0.05) is 5.41 Å². The van der Waals surface area contributed by atoms with Gasteiger partial charge in [0.25, 0.3) is 0 Å². The van der Waals surface area contributed by atoms with E-state index in [2.05, 4.69) is 5.32 Å². The van der Waals surface area contributed by atoms with Crippen molar-refractivity contribution >= 4 is 11.9 Å². The second kappa shape index (κ2) is 3.24. The van der Waals surface area contributed by atoms with Crippen LogP contribution in [0.25, 0.3) is 0 Å². The summed E-state index contributed by atoms with van der Waals surface area (Å²) in [5.74, 6) is -1.32. The smallest absolute Gasteiger partial charge is 0.334 e. The van der Waals surface area contributed by atoms with E-state index in [0.29, 0.717) is 0 Å². The van der Waals surface area contributed by atoms with E-state index in [-0.39, 0.29) is 19.1 Å². The molecule has 1 rings (SSSR count). The Morgan fingerprint density at radius 3 is 2.07 bits per heavy atom. The van der Waals surface area contributed by atoms with Crippen molar-refractivity contribution in [3.8, 4) is 0 Å². The minimum atomic E-state index is -1.20. The van der Waals surface area contributed by atoms with Crippen LogP contribution in [0.5, 0.6) is 0 Å². The molecule has 0 aromatic heterocycles. The number of ether oxygens (including phenoxy) is 1. The molecule has 0 aliphatic carbocycles. The molecule has 0 unspecified atom stereocenters. The van der Waals surface area contributed by atoms with Gasteiger partial charge in [0.1, 0.15) is 0 Å². The third-order valence-corrected chi connectivity index (χ3v) is 2.14. The van der Waals surface area contributed by atoms with E-state index in [1.54, 1.807) is 20.8 Å². The van der Waals surface area contributed by atoms with Gasteiger partial charge < -0.3 is 15.2 Å². The first-order valence-corrected chi connectivity index (χ1v) is 4.42. The molecule has 1 aliphatic heterocycles. The highest BCUT2D eigenvalue weighted by Gasteiger charge is 2.48. The molecule has 0 saturated carbocycles. The first-order valence-electron chi connectivity index (χ1n) is 4.42. The Balaban J connectivity index is 2.67. The maximum Gasteiger partial charge on any atom is 0.334 e. The van der Waals surface area contributed by atoms with Crippen LogP contribution < -0.4 is 5.32 Å². The third-order valence-electron chi connectivity index (χ3n) is 2.14. The van der Waals surface area contributed by atoms with E-state index in [4.69, 9.17) is 9.84 Å². The topological polar surface area (TPSA) is 75.6 Å². The van der Waals surface area contributed by atoms with Gasteiger partial charge in [0.15, 0.2) is 5.54 Å². The van der Waals surface area contributed by atoms with Crippen molar-refractivity contribution in [1.82, 2.24) is 5.32 Å². The maximum atomic E-state index is 11.5. The number of carboxylic acids is 1. The Kier molecular flexibility index (Phi) is 2.54. The Labute approximate surface area is 82.4 Å². The molecule has 0 radical (unpaired) electrons. The van der Waals surface area contributed by atoms with E-state index in [1.165, 1.54) is 0 Å². The van der Waals surface area contributed by atoms with Crippen LogP contribution in [-0.2, 0) is 14.3 Å².